The van der Waals surface area contributed by atoms with Crippen molar-refractivity contribution in [2.24, 2.45) is 0 Å². The summed E-state index contributed by atoms with van der Waals surface area (Å²) in [4.78, 5) is 25.3. The lowest BCUT2D eigenvalue weighted by Gasteiger charge is -2.18. The van der Waals surface area contributed by atoms with Crippen LogP contribution in [0.4, 0.5) is 11.5 Å². The molecule has 0 saturated carbocycles. The van der Waals surface area contributed by atoms with E-state index in [0.29, 0.717) is 12.4 Å². The lowest BCUT2D eigenvalue weighted by atomic mass is 10.2. The van der Waals surface area contributed by atoms with E-state index in [1.807, 2.05) is 30.3 Å². The molecule has 0 radical (unpaired) electrons. The van der Waals surface area contributed by atoms with Crippen LogP contribution in [0, 0.1) is 17.0 Å². The number of para-hydroxylation sites is 1. The summed E-state index contributed by atoms with van der Waals surface area (Å²) in [5, 5.41) is 19.8. The fraction of sp³-hybridized carbons (Fsp3) is 0.235. The molecule has 0 atom stereocenters. The van der Waals surface area contributed by atoms with Crippen LogP contribution in [-0.4, -0.2) is 37.4 Å². The molecule has 1 aromatic carbocycles. The third kappa shape index (κ3) is 2.83. The Balaban J connectivity index is 2.06. The molecule has 1 amide bonds. The molecule has 0 unspecified atom stereocenters. The standard InChI is InChI=1S/C17H18N6O3/c1-4-21-16(15(23(25)26)12(2)19-21)17(24)20(3)14-10-11-18-22(14)13-8-6-5-7-9-13/h5-11H,4H2,1-3H3. The molecule has 3 rings (SSSR count). The zero-order valence-corrected chi connectivity index (χ0v) is 14.7. The molecule has 0 aliphatic rings. The minimum absolute atomic E-state index is 0.0432. The maximum Gasteiger partial charge on any atom is 0.322 e. The van der Waals surface area contributed by atoms with Crippen molar-refractivity contribution in [3.63, 3.8) is 0 Å². The third-order valence-corrected chi connectivity index (χ3v) is 4.05. The summed E-state index contributed by atoms with van der Waals surface area (Å²) in [6.45, 7) is 3.65. The molecule has 0 bridgehead atoms. The van der Waals surface area contributed by atoms with Gasteiger partial charge in [0.1, 0.15) is 11.5 Å². The highest BCUT2D eigenvalue weighted by Gasteiger charge is 2.33. The number of carbonyl (C=O) groups excluding carboxylic acids is 1. The minimum Gasteiger partial charge on any atom is -0.294 e. The Bertz CT molecular complexity index is 960. The predicted molar refractivity (Wildman–Crippen MR) is 95.6 cm³/mol. The second-order valence-electron chi connectivity index (χ2n) is 5.66. The number of aromatic nitrogens is 4. The fourth-order valence-electron chi connectivity index (χ4n) is 2.81. The first kappa shape index (κ1) is 17.3. The fourth-order valence-corrected chi connectivity index (χ4v) is 2.81. The summed E-state index contributed by atoms with van der Waals surface area (Å²) in [5.41, 5.74) is 0.680. The number of nitrogens with zero attached hydrogens (tertiary/aromatic N) is 6. The van der Waals surface area contributed by atoms with Crippen molar-refractivity contribution in [2.75, 3.05) is 11.9 Å². The van der Waals surface area contributed by atoms with Crippen LogP contribution in [-0.2, 0) is 6.54 Å². The lowest BCUT2D eigenvalue weighted by molar-refractivity contribution is -0.385. The summed E-state index contributed by atoms with van der Waals surface area (Å²) in [7, 11) is 1.56. The van der Waals surface area contributed by atoms with Gasteiger partial charge in [0, 0.05) is 19.7 Å². The van der Waals surface area contributed by atoms with E-state index in [2.05, 4.69) is 10.2 Å². The van der Waals surface area contributed by atoms with E-state index in [9.17, 15) is 14.9 Å². The Morgan fingerprint density at radius 1 is 1.27 bits per heavy atom. The molecule has 0 saturated heterocycles. The van der Waals surface area contributed by atoms with Crippen LogP contribution in [0.5, 0.6) is 0 Å². The molecule has 0 aliphatic heterocycles. The Kier molecular flexibility index (Phi) is 4.53. The Hall–Kier alpha value is -3.49. The summed E-state index contributed by atoms with van der Waals surface area (Å²) in [5.74, 6) is -0.0196. The van der Waals surface area contributed by atoms with Crippen LogP contribution < -0.4 is 4.90 Å². The summed E-state index contributed by atoms with van der Waals surface area (Å²) in [6.07, 6.45) is 1.57. The largest absolute Gasteiger partial charge is 0.322 e. The maximum atomic E-state index is 13.1. The quantitative estimate of drug-likeness (QED) is 0.518. The highest BCUT2D eigenvalue weighted by Crippen LogP contribution is 2.27. The molecule has 9 heteroatoms. The second kappa shape index (κ2) is 6.79. The van der Waals surface area contributed by atoms with Gasteiger partial charge < -0.3 is 0 Å². The smallest absolute Gasteiger partial charge is 0.294 e. The number of hydrogen-bond donors (Lipinski definition) is 0. The van der Waals surface area contributed by atoms with Gasteiger partial charge in [0.2, 0.25) is 5.69 Å². The Morgan fingerprint density at radius 3 is 2.58 bits per heavy atom. The van der Waals surface area contributed by atoms with Gasteiger partial charge in [-0.2, -0.15) is 10.2 Å². The minimum atomic E-state index is -0.565. The Labute approximate surface area is 149 Å². The van der Waals surface area contributed by atoms with E-state index in [1.165, 1.54) is 16.5 Å². The predicted octanol–water partition coefficient (Wildman–Crippen LogP) is 2.58. The maximum absolute atomic E-state index is 13.1. The van der Waals surface area contributed by atoms with Gasteiger partial charge in [-0.15, -0.1) is 0 Å². The number of amides is 1. The van der Waals surface area contributed by atoms with Crippen molar-refractivity contribution in [3.05, 3.63) is 64.1 Å². The van der Waals surface area contributed by atoms with E-state index >= 15 is 0 Å². The number of nitro groups is 1. The van der Waals surface area contributed by atoms with Gasteiger partial charge in [-0.3, -0.25) is 24.5 Å². The van der Waals surface area contributed by atoms with Crippen LogP contribution in [0.2, 0.25) is 0 Å². The molecule has 9 nitrogen and oxygen atoms in total. The molecule has 2 heterocycles. The molecule has 0 aliphatic carbocycles. The van der Waals surface area contributed by atoms with Crippen LogP contribution >= 0.6 is 0 Å². The van der Waals surface area contributed by atoms with E-state index < -0.39 is 10.8 Å². The van der Waals surface area contributed by atoms with E-state index in [0.717, 1.165) is 5.69 Å². The first-order valence-electron chi connectivity index (χ1n) is 8.05. The van der Waals surface area contributed by atoms with Crippen LogP contribution in [0.3, 0.4) is 0 Å². The number of anilines is 1. The summed E-state index contributed by atoms with van der Waals surface area (Å²) >= 11 is 0. The van der Waals surface area contributed by atoms with Gasteiger partial charge in [-0.1, -0.05) is 18.2 Å². The van der Waals surface area contributed by atoms with Crippen molar-refractivity contribution in [3.8, 4) is 5.69 Å². The zero-order chi connectivity index (χ0) is 18.8. The number of rotatable bonds is 5. The molecule has 3 aromatic rings. The lowest BCUT2D eigenvalue weighted by Crippen LogP contribution is -2.31. The first-order valence-corrected chi connectivity index (χ1v) is 8.05. The molecule has 0 fully saturated rings. The number of benzene rings is 1. The highest BCUT2D eigenvalue weighted by molar-refractivity contribution is 6.07. The molecular formula is C17H18N6O3. The number of hydrogen-bond acceptors (Lipinski definition) is 5. The second-order valence-corrected chi connectivity index (χ2v) is 5.66. The molecule has 26 heavy (non-hydrogen) atoms. The van der Waals surface area contributed by atoms with Gasteiger partial charge in [0.25, 0.3) is 5.91 Å². The van der Waals surface area contributed by atoms with Crippen molar-refractivity contribution in [1.29, 1.82) is 0 Å². The summed E-state index contributed by atoms with van der Waals surface area (Å²) < 4.78 is 2.96. The average molecular weight is 354 g/mol. The zero-order valence-electron chi connectivity index (χ0n) is 14.7. The van der Waals surface area contributed by atoms with Gasteiger partial charge in [0.05, 0.1) is 16.8 Å². The monoisotopic (exact) mass is 354 g/mol. The van der Waals surface area contributed by atoms with E-state index in [-0.39, 0.29) is 17.1 Å². The SMILES string of the molecule is CCn1nc(C)c([N+](=O)[O-])c1C(=O)N(C)c1ccnn1-c1ccccc1. The molecule has 0 spiro atoms. The normalized spacial score (nSPS) is 10.7. The van der Waals surface area contributed by atoms with Crippen LogP contribution in [0.25, 0.3) is 5.69 Å². The van der Waals surface area contributed by atoms with E-state index in [1.54, 1.807) is 30.9 Å². The number of aryl methyl sites for hydroxylation is 2. The first-order chi connectivity index (χ1) is 12.5. The van der Waals surface area contributed by atoms with Crippen LogP contribution in [0.1, 0.15) is 23.1 Å². The van der Waals surface area contributed by atoms with Crippen molar-refractivity contribution in [1.82, 2.24) is 19.6 Å². The molecular weight excluding hydrogens is 336 g/mol. The average Bonchev–Trinajstić information content (AvgIpc) is 3.25. The van der Waals surface area contributed by atoms with Gasteiger partial charge >= 0.3 is 5.69 Å². The molecule has 2 aromatic heterocycles. The molecule has 0 N–H and O–H groups in total. The topological polar surface area (TPSA) is 99.1 Å². The highest BCUT2D eigenvalue weighted by atomic mass is 16.6. The van der Waals surface area contributed by atoms with Gasteiger partial charge in [-0.25, -0.2) is 4.68 Å². The van der Waals surface area contributed by atoms with Gasteiger partial charge in [0.15, 0.2) is 0 Å². The molecule has 134 valence electrons. The van der Waals surface area contributed by atoms with Crippen molar-refractivity contribution >= 4 is 17.4 Å². The van der Waals surface area contributed by atoms with Crippen molar-refractivity contribution in [2.45, 2.75) is 20.4 Å². The third-order valence-electron chi connectivity index (χ3n) is 4.05. The Morgan fingerprint density at radius 2 is 1.96 bits per heavy atom. The van der Waals surface area contributed by atoms with Crippen molar-refractivity contribution < 1.29 is 9.72 Å². The van der Waals surface area contributed by atoms with Crippen LogP contribution in [0.15, 0.2) is 42.6 Å². The van der Waals surface area contributed by atoms with Gasteiger partial charge in [-0.05, 0) is 26.0 Å². The van der Waals surface area contributed by atoms with E-state index in [4.69, 9.17) is 0 Å². The summed E-state index contributed by atoms with van der Waals surface area (Å²) in [6, 6.07) is 11.0. The number of carbonyl (C=O) groups is 1.